The first-order chi connectivity index (χ1) is 25.9. The van der Waals surface area contributed by atoms with Crippen molar-refractivity contribution in [3.05, 3.63) is 71.8 Å². The fourth-order valence-electron chi connectivity index (χ4n) is 6.11. The van der Waals surface area contributed by atoms with Crippen molar-refractivity contribution < 1.29 is 33.5 Å². The van der Waals surface area contributed by atoms with Crippen LogP contribution in [0.5, 0.6) is 0 Å². The number of carbonyl (C=O) groups is 6. The van der Waals surface area contributed by atoms with Gasteiger partial charge < -0.3 is 37.1 Å². The third-order valence-electron chi connectivity index (χ3n) is 9.12. The Morgan fingerprint density at radius 3 is 1.53 bits per heavy atom. The molecule has 13 nitrogen and oxygen atoms in total. The maximum Gasteiger partial charge on any atom is 0.328 e. The van der Waals surface area contributed by atoms with E-state index in [9.17, 15) is 28.8 Å². The van der Waals surface area contributed by atoms with Crippen LogP contribution < -0.4 is 32.3 Å². The Kier molecular flexibility index (Phi) is 19.6. The SMILES string of the molecule is COC(=O)C(NC(=O)[C@H](Cc1ccccc1)NC(=O)C[C@H](N)[C@H](Cc1ccccc1)NC(=O)C(NC(=O)[C@H](CC(C)C)NC(=O)CC(C)C)C(C)C)C(C)C. The molecule has 0 bridgehead atoms. The number of nitrogens with two attached hydrogens (primary N) is 1. The lowest BCUT2D eigenvalue weighted by atomic mass is 9.95. The van der Waals surface area contributed by atoms with E-state index in [1.54, 1.807) is 27.7 Å². The number of benzene rings is 2. The number of methoxy groups -OCH3 is 1. The van der Waals surface area contributed by atoms with Crippen LogP contribution in [0.3, 0.4) is 0 Å². The number of carbonyl (C=O) groups excluding carboxylic acids is 6. The molecular formula is C42H64N6O7. The standard InChI is InChI=1S/C42H64N6O7/c1-25(2)20-33(44-35(49)21-26(3)4)39(51)47-37(27(5)6)41(53)46-32(22-29-16-12-10-13-17-29)31(43)24-36(50)45-34(23-30-18-14-11-15-19-30)40(52)48-38(28(7)8)42(54)55-9/h10-19,25-28,31-34,37-38H,20-24,43H2,1-9H3,(H,44,49)(H,45,50)(H,46,53)(H,47,51)(H,48,52)/t31-,32-,33-,34-,37?,38?/m0/s1. The molecule has 0 aliphatic rings. The molecule has 2 unspecified atom stereocenters. The lowest BCUT2D eigenvalue weighted by Gasteiger charge is -2.30. The van der Waals surface area contributed by atoms with E-state index in [0.29, 0.717) is 6.42 Å². The average Bonchev–Trinajstić information content (AvgIpc) is 3.11. The second-order valence-electron chi connectivity index (χ2n) is 15.8. The minimum Gasteiger partial charge on any atom is -0.467 e. The molecule has 2 aromatic carbocycles. The summed E-state index contributed by atoms with van der Waals surface area (Å²) in [4.78, 5) is 79.9. The van der Waals surface area contributed by atoms with Crippen LogP contribution in [-0.2, 0) is 46.3 Å². The highest BCUT2D eigenvalue weighted by atomic mass is 16.5. The first-order valence-electron chi connectivity index (χ1n) is 19.3. The number of amides is 5. The van der Waals surface area contributed by atoms with Crippen molar-refractivity contribution in [1.29, 1.82) is 0 Å². The Labute approximate surface area is 327 Å². The van der Waals surface area contributed by atoms with Crippen LogP contribution in [0.15, 0.2) is 60.7 Å². The Bertz CT molecular complexity index is 1530. The van der Waals surface area contributed by atoms with E-state index in [-0.39, 0.29) is 55.3 Å². The number of hydrogen-bond acceptors (Lipinski definition) is 8. The summed E-state index contributed by atoms with van der Waals surface area (Å²) in [5, 5.41) is 14.2. The third-order valence-corrected chi connectivity index (χ3v) is 9.12. The Hall–Kier alpha value is -4.78. The Morgan fingerprint density at radius 2 is 1.04 bits per heavy atom. The summed E-state index contributed by atoms with van der Waals surface area (Å²) in [5.74, 6) is -3.26. The Morgan fingerprint density at radius 1 is 0.564 bits per heavy atom. The van der Waals surface area contributed by atoms with Crippen molar-refractivity contribution in [2.75, 3.05) is 7.11 Å². The maximum atomic E-state index is 14.0. The topological polar surface area (TPSA) is 198 Å². The highest BCUT2D eigenvalue weighted by Crippen LogP contribution is 2.13. The highest BCUT2D eigenvalue weighted by molar-refractivity contribution is 5.93. The molecule has 5 amide bonds. The van der Waals surface area contributed by atoms with Crippen LogP contribution in [0.1, 0.15) is 85.8 Å². The van der Waals surface area contributed by atoms with Gasteiger partial charge in [0.15, 0.2) is 0 Å². The first kappa shape index (κ1) is 46.4. The molecule has 0 spiro atoms. The van der Waals surface area contributed by atoms with Gasteiger partial charge in [-0.05, 0) is 47.6 Å². The lowest BCUT2D eigenvalue weighted by Crippen LogP contribution is -2.59. The van der Waals surface area contributed by atoms with E-state index in [4.69, 9.17) is 10.5 Å². The molecule has 2 aromatic rings. The van der Waals surface area contributed by atoms with E-state index < -0.39 is 65.8 Å². The summed E-state index contributed by atoms with van der Waals surface area (Å²) < 4.78 is 4.89. The van der Waals surface area contributed by atoms with Crippen LogP contribution in [0, 0.1) is 23.7 Å². The number of nitrogens with one attached hydrogen (secondary N) is 5. The van der Waals surface area contributed by atoms with Crippen LogP contribution in [-0.4, -0.2) is 78.9 Å². The molecule has 0 radical (unpaired) electrons. The van der Waals surface area contributed by atoms with E-state index in [1.807, 2.05) is 88.4 Å². The molecule has 0 aliphatic heterocycles. The minimum absolute atomic E-state index is 0.101. The van der Waals surface area contributed by atoms with Crippen LogP contribution in [0.25, 0.3) is 0 Å². The average molecular weight is 765 g/mol. The summed E-state index contributed by atoms with van der Waals surface area (Å²) in [6, 6.07) is 13.1. The molecule has 0 aromatic heterocycles. The fraction of sp³-hybridized carbons (Fsp3) is 0.571. The van der Waals surface area contributed by atoms with E-state index in [2.05, 4.69) is 26.6 Å². The van der Waals surface area contributed by atoms with Gasteiger partial charge in [-0.25, -0.2) is 4.79 Å². The van der Waals surface area contributed by atoms with Crippen molar-refractivity contribution in [2.24, 2.45) is 29.4 Å². The molecule has 0 heterocycles. The van der Waals surface area contributed by atoms with Crippen molar-refractivity contribution in [2.45, 2.75) is 124 Å². The predicted octanol–water partition coefficient (Wildman–Crippen LogP) is 3.19. The second-order valence-corrected chi connectivity index (χ2v) is 15.8. The number of esters is 1. The summed E-state index contributed by atoms with van der Waals surface area (Å²) in [7, 11) is 1.24. The molecule has 0 saturated heterocycles. The van der Waals surface area contributed by atoms with Gasteiger partial charge in [0, 0.05) is 31.3 Å². The zero-order chi connectivity index (χ0) is 41.2. The zero-order valence-corrected chi connectivity index (χ0v) is 34.0. The van der Waals surface area contributed by atoms with Crippen LogP contribution in [0.4, 0.5) is 0 Å². The van der Waals surface area contributed by atoms with Crippen molar-refractivity contribution in [3.8, 4) is 0 Å². The summed E-state index contributed by atoms with van der Waals surface area (Å²) in [5.41, 5.74) is 8.35. The van der Waals surface area contributed by atoms with Gasteiger partial charge in [0.05, 0.1) is 7.11 Å². The largest absolute Gasteiger partial charge is 0.467 e. The molecule has 0 aliphatic carbocycles. The van der Waals surface area contributed by atoms with E-state index >= 15 is 0 Å². The molecule has 55 heavy (non-hydrogen) atoms. The number of rotatable bonds is 22. The third kappa shape index (κ3) is 16.6. The zero-order valence-electron chi connectivity index (χ0n) is 34.0. The van der Waals surface area contributed by atoms with Gasteiger partial charge in [-0.15, -0.1) is 0 Å². The quantitative estimate of drug-likeness (QED) is 0.0983. The fourth-order valence-corrected chi connectivity index (χ4v) is 6.11. The molecule has 6 atom stereocenters. The number of ether oxygens (including phenoxy) is 1. The van der Waals surface area contributed by atoms with Gasteiger partial charge in [-0.2, -0.15) is 0 Å². The van der Waals surface area contributed by atoms with Gasteiger partial charge in [0.25, 0.3) is 0 Å². The van der Waals surface area contributed by atoms with Gasteiger partial charge in [0.1, 0.15) is 24.2 Å². The van der Waals surface area contributed by atoms with Gasteiger partial charge in [0.2, 0.25) is 29.5 Å². The van der Waals surface area contributed by atoms with Gasteiger partial charge in [-0.3, -0.25) is 24.0 Å². The lowest BCUT2D eigenvalue weighted by molar-refractivity contribution is -0.146. The number of hydrogen-bond donors (Lipinski definition) is 6. The molecular weight excluding hydrogens is 700 g/mol. The highest BCUT2D eigenvalue weighted by Gasteiger charge is 2.34. The minimum atomic E-state index is -1.05. The second kappa shape index (κ2) is 23.2. The molecule has 0 fully saturated rings. The van der Waals surface area contributed by atoms with Crippen LogP contribution >= 0.6 is 0 Å². The molecule has 7 N–H and O–H groups in total. The maximum absolute atomic E-state index is 14.0. The monoisotopic (exact) mass is 764 g/mol. The predicted molar refractivity (Wildman–Crippen MR) is 213 cm³/mol. The molecule has 0 saturated carbocycles. The van der Waals surface area contributed by atoms with Crippen molar-refractivity contribution in [1.82, 2.24) is 26.6 Å². The van der Waals surface area contributed by atoms with Crippen molar-refractivity contribution >= 4 is 35.5 Å². The smallest absolute Gasteiger partial charge is 0.328 e. The van der Waals surface area contributed by atoms with Gasteiger partial charge >= 0.3 is 5.97 Å². The van der Waals surface area contributed by atoms with E-state index in [0.717, 1.165) is 11.1 Å². The Balaban J connectivity index is 2.31. The van der Waals surface area contributed by atoms with Crippen LogP contribution in [0.2, 0.25) is 0 Å². The van der Waals surface area contributed by atoms with Gasteiger partial charge in [-0.1, -0.05) is 116 Å². The summed E-state index contributed by atoms with van der Waals surface area (Å²) >= 11 is 0. The molecule has 304 valence electrons. The summed E-state index contributed by atoms with van der Waals surface area (Å²) in [6.07, 6.45) is 0.840. The van der Waals surface area contributed by atoms with E-state index in [1.165, 1.54) is 7.11 Å². The first-order valence-corrected chi connectivity index (χ1v) is 19.3. The molecule has 2 rings (SSSR count). The summed E-state index contributed by atoms with van der Waals surface area (Å²) in [6.45, 7) is 14.9. The molecule has 13 heteroatoms. The van der Waals surface area contributed by atoms with Crippen molar-refractivity contribution in [3.63, 3.8) is 0 Å². The normalized spacial score (nSPS) is 14.7.